The van der Waals surface area contributed by atoms with Gasteiger partial charge in [0.05, 0.1) is 13.5 Å². The highest BCUT2D eigenvalue weighted by Crippen LogP contribution is 1.93. The molecule has 0 amide bonds. The number of aromatic amines is 1. The molecule has 0 radical (unpaired) electrons. The molecule has 0 saturated carbocycles. The fourth-order valence-electron chi connectivity index (χ4n) is 1.04. The van der Waals surface area contributed by atoms with Crippen LogP contribution in [0.3, 0.4) is 0 Å². The van der Waals surface area contributed by atoms with Crippen molar-refractivity contribution in [2.75, 3.05) is 12.8 Å². The number of aromatic nitrogens is 2. The number of carbonyl (C=O) groups excluding carboxylic acids is 1. The van der Waals surface area contributed by atoms with Crippen LogP contribution in [0.4, 0.5) is 5.82 Å². The Balaban J connectivity index is 2.24. The monoisotopic (exact) mass is 184 g/mol. The van der Waals surface area contributed by atoms with Gasteiger partial charge in [-0.05, 0) is 0 Å². The Kier molecular flexibility index (Phi) is 3.31. The summed E-state index contributed by atoms with van der Waals surface area (Å²) < 4.78 is 6.34. The molecule has 0 aliphatic carbocycles. The Morgan fingerprint density at radius 1 is 1.77 bits per heavy atom. The predicted octanol–water partition coefficient (Wildman–Crippen LogP) is -0.162. The number of anilines is 1. The van der Waals surface area contributed by atoms with Crippen LogP contribution in [-0.4, -0.2) is 18.2 Å². The normalized spacial score (nSPS) is 9.92. The number of esters is 1. The second-order valence-corrected chi connectivity index (χ2v) is 2.76. The zero-order valence-corrected chi connectivity index (χ0v) is 7.62. The van der Waals surface area contributed by atoms with Gasteiger partial charge < -0.3 is 10.5 Å². The Hall–Kier alpha value is -1.52. The van der Waals surface area contributed by atoms with Crippen molar-refractivity contribution >= 4 is 11.8 Å². The number of aryl methyl sites for hydroxylation is 1. The predicted molar refractivity (Wildman–Crippen MR) is 46.7 cm³/mol. The maximum absolute atomic E-state index is 10.7. The van der Waals surface area contributed by atoms with E-state index in [2.05, 4.69) is 9.84 Å². The lowest BCUT2D eigenvalue weighted by Crippen LogP contribution is -2.35. The maximum Gasteiger partial charge on any atom is 0.305 e. The van der Waals surface area contributed by atoms with E-state index >= 15 is 0 Å². The number of methoxy groups -OCH3 is 1. The first-order valence-electron chi connectivity index (χ1n) is 4.13. The molecule has 5 nitrogen and oxygen atoms in total. The molecule has 0 unspecified atom stereocenters. The van der Waals surface area contributed by atoms with Crippen molar-refractivity contribution in [2.24, 2.45) is 0 Å². The molecule has 0 fully saturated rings. The molecule has 0 saturated heterocycles. The van der Waals surface area contributed by atoms with Crippen molar-refractivity contribution in [1.82, 2.24) is 5.10 Å². The number of ether oxygens (including phenoxy) is 1. The summed E-state index contributed by atoms with van der Waals surface area (Å²) in [6.07, 6.45) is 3.02. The van der Waals surface area contributed by atoms with Crippen LogP contribution < -0.4 is 10.4 Å². The number of rotatable bonds is 4. The summed E-state index contributed by atoms with van der Waals surface area (Å²) in [5.74, 6) is 0.443. The van der Waals surface area contributed by atoms with E-state index in [0.29, 0.717) is 12.2 Å². The summed E-state index contributed by atoms with van der Waals surface area (Å²) in [4.78, 5) is 10.7. The zero-order valence-electron chi connectivity index (χ0n) is 7.62. The van der Waals surface area contributed by atoms with Crippen molar-refractivity contribution in [1.29, 1.82) is 0 Å². The largest absolute Gasteiger partial charge is 0.469 e. The first kappa shape index (κ1) is 9.57. The highest BCUT2D eigenvalue weighted by molar-refractivity contribution is 5.68. The minimum absolute atomic E-state index is 0.180. The number of nitrogen functional groups attached to an aromatic ring is 1. The lowest BCUT2D eigenvalue weighted by molar-refractivity contribution is -0.749. The van der Waals surface area contributed by atoms with Gasteiger partial charge in [0, 0.05) is 12.5 Å². The quantitative estimate of drug-likeness (QED) is 0.504. The molecule has 1 heterocycles. The molecule has 0 aliphatic rings. The SMILES string of the molecule is COC(=O)CCC[n+]1ccc(N)[nH]1. The van der Waals surface area contributed by atoms with Crippen LogP contribution in [0.2, 0.25) is 0 Å². The lowest BCUT2D eigenvalue weighted by atomic mass is 10.3. The van der Waals surface area contributed by atoms with Crippen molar-refractivity contribution in [3.8, 4) is 0 Å². The number of carbonyl (C=O) groups is 1. The average molecular weight is 184 g/mol. The molecule has 0 aliphatic heterocycles. The molecule has 72 valence electrons. The second kappa shape index (κ2) is 4.49. The molecule has 1 rings (SSSR count). The highest BCUT2D eigenvalue weighted by Gasteiger charge is 2.05. The van der Waals surface area contributed by atoms with Crippen molar-refractivity contribution < 1.29 is 14.2 Å². The smallest absolute Gasteiger partial charge is 0.305 e. The van der Waals surface area contributed by atoms with Gasteiger partial charge in [-0.3, -0.25) is 4.79 Å². The van der Waals surface area contributed by atoms with Crippen LogP contribution in [-0.2, 0) is 16.1 Å². The number of nitrogens with two attached hydrogens (primary N) is 1. The van der Waals surface area contributed by atoms with Gasteiger partial charge >= 0.3 is 5.97 Å². The third-order valence-corrected chi connectivity index (χ3v) is 1.71. The van der Waals surface area contributed by atoms with E-state index in [1.54, 1.807) is 6.07 Å². The second-order valence-electron chi connectivity index (χ2n) is 2.76. The first-order valence-corrected chi connectivity index (χ1v) is 4.13. The number of H-pyrrole nitrogens is 1. The van der Waals surface area contributed by atoms with E-state index in [4.69, 9.17) is 5.73 Å². The minimum Gasteiger partial charge on any atom is -0.469 e. The summed E-state index contributed by atoms with van der Waals surface area (Å²) in [7, 11) is 1.39. The molecular weight excluding hydrogens is 170 g/mol. The standard InChI is InChI=1S/C8H13N3O2/c1-13-8(12)3-2-5-11-6-4-7(9)10-11/h4,6H,2-3,5H2,1H3,(H2,9,10)/p+1. The molecule has 0 aromatic carbocycles. The van der Waals surface area contributed by atoms with Gasteiger partial charge in [0.25, 0.3) is 0 Å². The molecule has 3 N–H and O–H groups in total. The maximum atomic E-state index is 10.7. The van der Waals surface area contributed by atoms with E-state index in [-0.39, 0.29) is 5.97 Å². The zero-order chi connectivity index (χ0) is 9.68. The summed E-state index contributed by atoms with van der Waals surface area (Å²) in [5, 5.41) is 2.91. The third-order valence-electron chi connectivity index (χ3n) is 1.71. The van der Waals surface area contributed by atoms with Crippen LogP contribution in [0.1, 0.15) is 12.8 Å². The lowest BCUT2D eigenvalue weighted by Gasteiger charge is -1.94. The Bertz CT molecular complexity index is 283. The van der Waals surface area contributed by atoms with Crippen molar-refractivity contribution in [2.45, 2.75) is 19.4 Å². The van der Waals surface area contributed by atoms with Crippen LogP contribution in [0.5, 0.6) is 0 Å². The van der Waals surface area contributed by atoms with Crippen LogP contribution in [0, 0.1) is 0 Å². The molecule has 1 aromatic heterocycles. The third kappa shape index (κ3) is 3.14. The fraction of sp³-hybridized carbons (Fsp3) is 0.500. The van der Waals surface area contributed by atoms with Gasteiger partial charge in [0.15, 0.2) is 18.6 Å². The number of hydrogen-bond donors (Lipinski definition) is 2. The Labute approximate surface area is 76.5 Å². The van der Waals surface area contributed by atoms with Crippen molar-refractivity contribution in [3.63, 3.8) is 0 Å². The molecule has 5 heteroatoms. The first-order chi connectivity index (χ1) is 6.22. The Morgan fingerprint density at radius 3 is 3.08 bits per heavy atom. The van der Waals surface area contributed by atoms with E-state index in [0.717, 1.165) is 13.0 Å². The molecule has 0 bridgehead atoms. The van der Waals surface area contributed by atoms with Gasteiger partial charge in [0.2, 0.25) is 0 Å². The van der Waals surface area contributed by atoms with Gasteiger partial charge in [0.1, 0.15) is 0 Å². The summed E-state index contributed by atoms with van der Waals surface area (Å²) in [5.41, 5.74) is 5.47. The summed E-state index contributed by atoms with van der Waals surface area (Å²) in [6, 6.07) is 1.78. The molecular formula is C8H14N3O2+. The highest BCUT2D eigenvalue weighted by atomic mass is 16.5. The van der Waals surface area contributed by atoms with Gasteiger partial charge in [-0.1, -0.05) is 0 Å². The Morgan fingerprint density at radius 2 is 2.54 bits per heavy atom. The van der Waals surface area contributed by atoms with E-state index < -0.39 is 0 Å². The summed E-state index contributed by atoms with van der Waals surface area (Å²) >= 11 is 0. The number of hydrogen-bond acceptors (Lipinski definition) is 3. The van der Waals surface area contributed by atoms with Crippen LogP contribution in [0.15, 0.2) is 12.3 Å². The molecule has 1 aromatic rings. The van der Waals surface area contributed by atoms with E-state index in [9.17, 15) is 4.79 Å². The van der Waals surface area contributed by atoms with E-state index in [1.165, 1.54) is 7.11 Å². The topological polar surface area (TPSA) is 72.0 Å². The molecule has 13 heavy (non-hydrogen) atoms. The van der Waals surface area contributed by atoms with Gasteiger partial charge in [-0.2, -0.15) is 0 Å². The van der Waals surface area contributed by atoms with Gasteiger partial charge in [-0.15, -0.1) is 9.78 Å². The number of nitrogens with one attached hydrogen (secondary N) is 1. The van der Waals surface area contributed by atoms with E-state index in [1.807, 2.05) is 10.9 Å². The van der Waals surface area contributed by atoms with Crippen molar-refractivity contribution in [3.05, 3.63) is 12.3 Å². The van der Waals surface area contributed by atoms with Gasteiger partial charge in [-0.25, -0.2) is 0 Å². The molecule has 0 spiro atoms. The number of nitrogens with zero attached hydrogens (tertiary/aromatic N) is 1. The average Bonchev–Trinajstić information content (AvgIpc) is 2.51. The fourth-order valence-corrected chi connectivity index (χ4v) is 1.04. The van der Waals surface area contributed by atoms with Crippen LogP contribution >= 0.6 is 0 Å². The minimum atomic E-state index is -0.180. The summed E-state index contributed by atoms with van der Waals surface area (Å²) in [6.45, 7) is 0.742. The van der Waals surface area contributed by atoms with Crippen LogP contribution in [0.25, 0.3) is 0 Å². The molecule has 0 atom stereocenters.